The highest BCUT2D eigenvalue weighted by atomic mass is 35.5. The maximum Gasteiger partial charge on any atom is 0.262 e. The zero-order valence-electron chi connectivity index (χ0n) is 17.4. The molecular formula is C23H23ClN4O3. The minimum absolute atomic E-state index is 0.178. The summed E-state index contributed by atoms with van der Waals surface area (Å²) in [4.78, 5) is 23.5. The second-order valence-corrected chi connectivity index (χ2v) is 7.68. The summed E-state index contributed by atoms with van der Waals surface area (Å²) in [5.74, 6) is 1.20. The largest absolute Gasteiger partial charge is 0.495 e. The number of benzene rings is 2. The van der Waals surface area contributed by atoms with Crippen LogP contribution in [-0.2, 0) is 17.8 Å². The van der Waals surface area contributed by atoms with Crippen LogP contribution >= 0.6 is 11.6 Å². The molecule has 0 fully saturated rings. The molecule has 1 aliphatic rings. The van der Waals surface area contributed by atoms with E-state index in [0.29, 0.717) is 28.3 Å². The number of hydrogen-bond acceptors (Lipinski definition) is 6. The molecule has 31 heavy (non-hydrogen) atoms. The van der Waals surface area contributed by atoms with Crippen LogP contribution in [0, 0.1) is 6.92 Å². The fourth-order valence-electron chi connectivity index (χ4n) is 3.49. The van der Waals surface area contributed by atoms with Gasteiger partial charge in [-0.1, -0.05) is 35.9 Å². The number of amides is 1. The van der Waals surface area contributed by atoms with Gasteiger partial charge < -0.3 is 19.7 Å². The summed E-state index contributed by atoms with van der Waals surface area (Å²) in [5, 5.41) is 3.17. The zero-order valence-corrected chi connectivity index (χ0v) is 18.1. The van der Waals surface area contributed by atoms with Gasteiger partial charge in [0.1, 0.15) is 5.75 Å². The van der Waals surface area contributed by atoms with Gasteiger partial charge >= 0.3 is 0 Å². The van der Waals surface area contributed by atoms with Crippen LogP contribution in [0.25, 0.3) is 0 Å². The van der Waals surface area contributed by atoms with Gasteiger partial charge in [0.2, 0.25) is 11.8 Å². The Kier molecular flexibility index (Phi) is 6.23. The molecule has 160 valence electrons. The molecule has 8 heteroatoms. The minimum Gasteiger partial charge on any atom is -0.495 e. The first-order chi connectivity index (χ1) is 15.0. The maximum absolute atomic E-state index is 12.3. The quantitative estimate of drug-likeness (QED) is 0.626. The number of anilines is 2. The highest BCUT2D eigenvalue weighted by Crippen LogP contribution is 2.27. The van der Waals surface area contributed by atoms with E-state index < -0.39 is 0 Å². The number of nitrogens with one attached hydrogen (secondary N) is 1. The Morgan fingerprint density at radius 3 is 2.74 bits per heavy atom. The van der Waals surface area contributed by atoms with Crippen LogP contribution in [0.15, 0.2) is 48.5 Å². The number of halogens is 1. The molecule has 4 rings (SSSR count). The molecule has 1 aromatic heterocycles. The summed E-state index contributed by atoms with van der Waals surface area (Å²) in [6.45, 7) is 3.29. The monoisotopic (exact) mass is 438 g/mol. The lowest BCUT2D eigenvalue weighted by Gasteiger charge is -2.29. The van der Waals surface area contributed by atoms with Gasteiger partial charge in [-0.2, -0.15) is 4.98 Å². The zero-order chi connectivity index (χ0) is 21.8. The Labute approximate surface area is 186 Å². The molecule has 2 aromatic carbocycles. The van der Waals surface area contributed by atoms with Crippen molar-refractivity contribution in [2.75, 3.05) is 30.5 Å². The number of nitrogens with zero attached hydrogens (tertiary/aromatic N) is 3. The van der Waals surface area contributed by atoms with Crippen LogP contribution in [0.4, 0.5) is 11.6 Å². The molecular weight excluding hydrogens is 416 g/mol. The molecule has 1 aliphatic heterocycles. The third-order valence-corrected chi connectivity index (χ3v) is 5.31. The number of ether oxygens (including phenoxy) is 2. The molecule has 7 nitrogen and oxygen atoms in total. The van der Waals surface area contributed by atoms with Gasteiger partial charge in [0.25, 0.3) is 5.91 Å². The summed E-state index contributed by atoms with van der Waals surface area (Å²) in [7, 11) is 1.54. The first-order valence-electron chi connectivity index (χ1n) is 9.95. The van der Waals surface area contributed by atoms with Crippen molar-refractivity contribution in [3.05, 3.63) is 70.4 Å². The van der Waals surface area contributed by atoms with Gasteiger partial charge in [-0.25, -0.2) is 4.98 Å². The summed E-state index contributed by atoms with van der Waals surface area (Å²) in [6.07, 6.45) is 0.941. The van der Waals surface area contributed by atoms with Gasteiger partial charge in [-0.05, 0) is 42.7 Å². The van der Waals surface area contributed by atoms with Crippen LogP contribution in [0.2, 0.25) is 5.02 Å². The molecule has 2 heterocycles. The lowest BCUT2D eigenvalue weighted by molar-refractivity contribution is -0.118. The van der Waals surface area contributed by atoms with E-state index in [1.165, 1.54) is 18.2 Å². The molecule has 0 aliphatic carbocycles. The summed E-state index contributed by atoms with van der Waals surface area (Å²) in [5.41, 5.74) is 3.98. The van der Waals surface area contributed by atoms with E-state index >= 15 is 0 Å². The molecule has 1 N–H and O–H groups in total. The molecule has 0 unspecified atom stereocenters. The van der Waals surface area contributed by atoms with Crippen molar-refractivity contribution in [2.45, 2.75) is 19.9 Å². The van der Waals surface area contributed by atoms with E-state index in [4.69, 9.17) is 21.1 Å². The minimum atomic E-state index is -0.314. The average Bonchev–Trinajstić information content (AvgIpc) is 2.77. The van der Waals surface area contributed by atoms with Crippen molar-refractivity contribution in [3.8, 4) is 11.6 Å². The predicted molar refractivity (Wildman–Crippen MR) is 120 cm³/mol. The molecule has 0 radical (unpaired) electrons. The fraction of sp³-hybridized carbons (Fsp3) is 0.261. The maximum atomic E-state index is 12.3. The highest BCUT2D eigenvalue weighted by Gasteiger charge is 2.19. The van der Waals surface area contributed by atoms with E-state index in [0.717, 1.165) is 25.2 Å². The number of methoxy groups -OCH3 is 1. The topological polar surface area (TPSA) is 76.6 Å². The molecule has 0 bridgehead atoms. The van der Waals surface area contributed by atoms with E-state index in [-0.39, 0.29) is 12.5 Å². The van der Waals surface area contributed by atoms with Gasteiger partial charge in [-0.15, -0.1) is 0 Å². The van der Waals surface area contributed by atoms with Gasteiger partial charge in [0.05, 0.1) is 12.1 Å². The number of aryl methyl sites for hydroxylation is 1. The number of hydrogen-bond donors (Lipinski definition) is 1. The molecule has 1 amide bonds. The van der Waals surface area contributed by atoms with Crippen molar-refractivity contribution in [1.82, 2.24) is 9.97 Å². The Morgan fingerprint density at radius 2 is 1.97 bits per heavy atom. The molecule has 0 saturated heterocycles. The second kappa shape index (κ2) is 9.22. The lowest BCUT2D eigenvalue weighted by atomic mass is 10.0. The van der Waals surface area contributed by atoms with Crippen LogP contribution in [0.3, 0.4) is 0 Å². The van der Waals surface area contributed by atoms with Crippen LogP contribution in [0.5, 0.6) is 11.6 Å². The SMILES string of the molecule is COc1ccc(NC(=O)COc2cc(C)nc(N3CCc4ccccc4C3)n2)cc1Cl. The number of rotatable bonds is 6. The summed E-state index contributed by atoms with van der Waals surface area (Å²) >= 11 is 6.10. The standard InChI is InChI=1S/C23H23ClN4O3/c1-15-11-22(31-14-21(29)26-18-7-8-20(30-2)19(24)12-18)27-23(25-15)28-10-9-16-5-3-4-6-17(16)13-28/h3-8,11-12H,9-10,13-14H2,1-2H3,(H,26,29). The molecule has 0 saturated carbocycles. The van der Waals surface area contributed by atoms with Crippen molar-refractivity contribution in [1.29, 1.82) is 0 Å². The average molecular weight is 439 g/mol. The second-order valence-electron chi connectivity index (χ2n) is 7.27. The number of carbonyl (C=O) groups excluding carboxylic acids is 1. The van der Waals surface area contributed by atoms with Crippen molar-refractivity contribution in [2.24, 2.45) is 0 Å². The van der Waals surface area contributed by atoms with Crippen molar-refractivity contribution >= 4 is 29.1 Å². The Bertz CT molecular complexity index is 1110. The first kappa shape index (κ1) is 20.9. The Balaban J connectivity index is 1.40. The van der Waals surface area contributed by atoms with E-state index in [9.17, 15) is 4.79 Å². The predicted octanol–water partition coefficient (Wildman–Crippen LogP) is 4.03. The van der Waals surface area contributed by atoms with Gasteiger partial charge in [-0.3, -0.25) is 4.79 Å². The fourth-order valence-corrected chi connectivity index (χ4v) is 3.74. The highest BCUT2D eigenvalue weighted by molar-refractivity contribution is 6.32. The van der Waals surface area contributed by atoms with Crippen LogP contribution < -0.4 is 19.7 Å². The molecule has 3 aromatic rings. The Hall–Kier alpha value is -3.32. The van der Waals surface area contributed by atoms with Gasteiger partial charge in [0, 0.05) is 30.5 Å². The number of aromatic nitrogens is 2. The van der Waals surface area contributed by atoms with Gasteiger partial charge in [0.15, 0.2) is 6.61 Å². The Morgan fingerprint density at radius 1 is 1.16 bits per heavy atom. The van der Waals surface area contributed by atoms with E-state index in [1.54, 1.807) is 24.3 Å². The smallest absolute Gasteiger partial charge is 0.262 e. The summed E-state index contributed by atoms with van der Waals surface area (Å²) < 4.78 is 10.8. The third kappa shape index (κ3) is 5.06. The number of fused-ring (bicyclic) bond motifs is 1. The van der Waals surface area contributed by atoms with Crippen molar-refractivity contribution < 1.29 is 14.3 Å². The third-order valence-electron chi connectivity index (χ3n) is 5.02. The molecule has 0 spiro atoms. The number of carbonyl (C=O) groups is 1. The van der Waals surface area contributed by atoms with Crippen LogP contribution in [-0.4, -0.2) is 36.1 Å². The van der Waals surface area contributed by atoms with Crippen molar-refractivity contribution in [3.63, 3.8) is 0 Å². The van der Waals surface area contributed by atoms with E-state index in [2.05, 4.69) is 38.4 Å². The normalized spacial score (nSPS) is 12.8. The van der Waals surface area contributed by atoms with Crippen LogP contribution in [0.1, 0.15) is 16.8 Å². The summed E-state index contributed by atoms with van der Waals surface area (Å²) in [6, 6.07) is 15.1. The first-order valence-corrected chi connectivity index (χ1v) is 10.3. The van der Waals surface area contributed by atoms with E-state index in [1.807, 2.05) is 13.0 Å². The lowest BCUT2D eigenvalue weighted by Crippen LogP contribution is -2.32. The molecule has 0 atom stereocenters.